The van der Waals surface area contributed by atoms with Crippen molar-refractivity contribution in [2.75, 3.05) is 20.3 Å². The smallest absolute Gasteiger partial charge is 0.328 e. The van der Waals surface area contributed by atoms with E-state index >= 15 is 0 Å². The minimum Gasteiger partial charge on any atom is -0.384 e. The summed E-state index contributed by atoms with van der Waals surface area (Å²) >= 11 is 0. The van der Waals surface area contributed by atoms with Crippen molar-refractivity contribution in [2.24, 2.45) is 12.5 Å². The molecular weight excluding hydrogens is 346 g/mol. The third-order valence-electron chi connectivity index (χ3n) is 4.88. The molecule has 25 heavy (non-hydrogen) atoms. The van der Waals surface area contributed by atoms with Crippen LogP contribution in [0.4, 0.5) is 0 Å². The number of nitrogens with one attached hydrogen (secondary N) is 2. The zero-order valence-corrected chi connectivity index (χ0v) is 15.0. The number of methoxy groups -OCH3 is 1. The number of hydrogen-bond acceptors (Lipinski definition) is 5. The predicted octanol–water partition coefficient (Wildman–Crippen LogP) is 0.322. The molecule has 0 spiro atoms. The Balaban J connectivity index is 1.92. The van der Waals surface area contributed by atoms with Crippen molar-refractivity contribution in [1.82, 2.24) is 14.3 Å². The van der Waals surface area contributed by atoms with E-state index in [1.807, 2.05) is 0 Å². The number of hydrogen-bond donors (Lipinski definition) is 2. The van der Waals surface area contributed by atoms with E-state index in [-0.39, 0.29) is 15.7 Å². The molecule has 2 aromatic rings. The molecule has 1 aromatic carbocycles. The quantitative estimate of drug-likeness (QED) is 0.764. The van der Waals surface area contributed by atoms with Crippen LogP contribution in [-0.4, -0.2) is 38.2 Å². The molecule has 136 valence electrons. The molecule has 0 amide bonds. The number of nitrogens with zero attached hydrogens (tertiary/aromatic N) is 1. The molecule has 1 aromatic heterocycles. The van der Waals surface area contributed by atoms with Crippen molar-refractivity contribution in [1.29, 1.82) is 0 Å². The van der Waals surface area contributed by atoms with Gasteiger partial charge < -0.3 is 9.72 Å². The van der Waals surface area contributed by atoms with E-state index in [0.29, 0.717) is 18.7 Å². The highest BCUT2D eigenvalue weighted by atomic mass is 32.2. The van der Waals surface area contributed by atoms with E-state index in [4.69, 9.17) is 4.74 Å². The average Bonchev–Trinajstić information content (AvgIpc) is 2.55. The minimum absolute atomic E-state index is 0.00367. The first-order valence-corrected chi connectivity index (χ1v) is 9.48. The summed E-state index contributed by atoms with van der Waals surface area (Å²) in [4.78, 5) is 26.4. The molecule has 8 nitrogen and oxygen atoms in total. The first-order valence-electron chi connectivity index (χ1n) is 8.00. The predicted molar refractivity (Wildman–Crippen MR) is 93.2 cm³/mol. The van der Waals surface area contributed by atoms with Gasteiger partial charge >= 0.3 is 5.69 Å². The molecule has 3 rings (SSSR count). The maximum atomic E-state index is 12.6. The van der Waals surface area contributed by atoms with Crippen LogP contribution in [0.2, 0.25) is 0 Å². The van der Waals surface area contributed by atoms with Crippen LogP contribution in [0.1, 0.15) is 19.3 Å². The highest BCUT2D eigenvalue weighted by Crippen LogP contribution is 2.40. The number of fused-ring (bicyclic) bond motifs is 1. The summed E-state index contributed by atoms with van der Waals surface area (Å²) in [6, 6.07) is 4.10. The second-order valence-electron chi connectivity index (χ2n) is 6.61. The van der Waals surface area contributed by atoms with Gasteiger partial charge in [0.2, 0.25) is 10.0 Å². The maximum absolute atomic E-state index is 12.6. The molecule has 0 saturated heterocycles. The minimum atomic E-state index is -3.76. The number of benzene rings is 1. The average molecular weight is 367 g/mol. The number of H-pyrrole nitrogens is 1. The lowest BCUT2D eigenvalue weighted by Gasteiger charge is -2.41. The van der Waals surface area contributed by atoms with Gasteiger partial charge in [0.05, 0.1) is 22.4 Å². The fraction of sp³-hybridized carbons (Fsp3) is 0.500. The van der Waals surface area contributed by atoms with Crippen LogP contribution < -0.4 is 16.0 Å². The van der Waals surface area contributed by atoms with Crippen molar-refractivity contribution < 1.29 is 13.2 Å². The third kappa shape index (κ3) is 3.26. The van der Waals surface area contributed by atoms with Gasteiger partial charge in [0.15, 0.2) is 0 Å². The zero-order chi connectivity index (χ0) is 18.2. The van der Waals surface area contributed by atoms with Crippen LogP contribution in [0, 0.1) is 5.41 Å². The fourth-order valence-electron chi connectivity index (χ4n) is 3.13. The van der Waals surface area contributed by atoms with Crippen molar-refractivity contribution in [2.45, 2.75) is 24.2 Å². The second kappa shape index (κ2) is 6.40. The van der Waals surface area contributed by atoms with E-state index in [9.17, 15) is 18.0 Å². The molecule has 1 fully saturated rings. The van der Waals surface area contributed by atoms with E-state index in [2.05, 4.69) is 9.71 Å². The number of ether oxygens (including phenoxy) is 1. The van der Waals surface area contributed by atoms with Crippen molar-refractivity contribution in [3.05, 3.63) is 39.0 Å². The molecule has 1 saturated carbocycles. The van der Waals surface area contributed by atoms with Gasteiger partial charge in [-0.2, -0.15) is 0 Å². The second-order valence-corrected chi connectivity index (χ2v) is 8.38. The number of rotatable bonds is 6. The van der Waals surface area contributed by atoms with Gasteiger partial charge in [0.25, 0.3) is 5.56 Å². The van der Waals surface area contributed by atoms with Gasteiger partial charge in [-0.25, -0.2) is 17.9 Å². The topological polar surface area (TPSA) is 110 Å². The Morgan fingerprint density at radius 3 is 2.64 bits per heavy atom. The molecule has 9 heteroatoms. The van der Waals surface area contributed by atoms with E-state index in [1.54, 1.807) is 7.11 Å². The Bertz CT molecular complexity index is 1020. The van der Waals surface area contributed by atoms with Crippen LogP contribution in [-0.2, 0) is 21.8 Å². The van der Waals surface area contributed by atoms with Crippen molar-refractivity contribution in [3.8, 4) is 0 Å². The molecule has 0 unspecified atom stereocenters. The molecule has 0 atom stereocenters. The lowest BCUT2D eigenvalue weighted by Crippen LogP contribution is -2.45. The number of aromatic amines is 1. The summed E-state index contributed by atoms with van der Waals surface area (Å²) < 4.78 is 33.9. The molecule has 1 heterocycles. The highest BCUT2D eigenvalue weighted by molar-refractivity contribution is 7.89. The largest absolute Gasteiger partial charge is 0.384 e. The molecule has 0 aliphatic heterocycles. The molecule has 1 aliphatic carbocycles. The van der Waals surface area contributed by atoms with Crippen LogP contribution in [0.25, 0.3) is 10.9 Å². The molecule has 0 radical (unpaired) electrons. The van der Waals surface area contributed by atoms with Crippen LogP contribution in [0.15, 0.2) is 32.7 Å². The van der Waals surface area contributed by atoms with Gasteiger partial charge in [0.1, 0.15) is 0 Å². The summed E-state index contributed by atoms with van der Waals surface area (Å²) in [6.07, 6.45) is 2.90. The number of sulfonamides is 1. The van der Waals surface area contributed by atoms with Gasteiger partial charge in [-0.3, -0.25) is 9.36 Å². The Labute approximate surface area is 144 Å². The Morgan fingerprint density at radius 2 is 2.04 bits per heavy atom. The summed E-state index contributed by atoms with van der Waals surface area (Å²) in [5, 5.41) is 0.153. The van der Waals surface area contributed by atoms with Crippen LogP contribution in [0.3, 0.4) is 0 Å². The normalized spacial score (nSPS) is 16.7. The van der Waals surface area contributed by atoms with Gasteiger partial charge in [-0.05, 0) is 31.0 Å². The van der Waals surface area contributed by atoms with E-state index < -0.39 is 21.3 Å². The zero-order valence-electron chi connectivity index (χ0n) is 14.2. The first kappa shape index (κ1) is 17.8. The Morgan fingerprint density at radius 1 is 1.32 bits per heavy atom. The van der Waals surface area contributed by atoms with E-state index in [0.717, 1.165) is 23.8 Å². The Hall–Kier alpha value is -1.97. The molecule has 0 bridgehead atoms. The molecule has 1 aliphatic rings. The highest BCUT2D eigenvalue weighted by Gasteiger charge is 2.38. The summed E-state index contributed by atoms with van der Waals surface area (Å²) in [5.41, 5.74) is -0.926. The summed E-state index contributed by atoms with van der Waals surface area (Å²) in [5.74, 6) is 0. The lowest BCUT2D eigenvalue weighted by molar-refractivity contribution is 0.0220. The number of aromatic nitrogens is 2. The summed E-state index contributed by atoms with van der Waals surface area (Å²) in [7, 11) is -0.821. The Kier molecular flexibility index (Phi) is 4.56. The third-order valence-corrected chi connectivity index (χ3v) is 6.28. The first-order chi connectivity index (χ1) is 11.8. The van der Waals surface area contributed by atoms with Crippen molar-refractivity contribution in [3.63, 3.8) is 0 Å². The van der Waals surface area contributed by atoms with Gasteiger partial charge in [-0.1, -0.05) is 6.42 Å². The fourth-order valence-corrected chi connectivity index (χ4v) is 4.32. The van der Waals surface area contributed by atoms with Gasteiger partial charge in [0, 0.05) is 26.1 Å². The van der Waals surface area contributed by atoms with Crippen LogP contribution in [0.5, 0.6) is 0 Å². The van der Waals surface area contributed by atoms with Crippen molar-refractivity contribution >= 4 is 20.9 Å². The lowest BCUT2D eigenvalue weighted by atomic mass is 9.69. The molecular formula is C16H21N3O5S. The molecule has 2 N–H and O–H groups in total. The SMILES string of the molecule is COCC1(CNS(=O)(=O)c2ccc3[nH]c(=O)n(C)c(=O)c3c2)CCC1. The maximum Gasteiger partial charge on any atom is 0.328 e. The summed E-state index contributed by atoms with van der Waals surface area (Å²) in [6.45, 7) is 0.805. The van der Waals surface area contributed by atoms with Gasteiger partial charge in [-0.15, -0.1) is 0 Å². The van der Waals surface area contributed by atoms with E-state index in [1.165, 1.54) is 25.2 Å². The van der Waals surface area contributed by atoms with Crippen LogP contribution >= 0.6 is 0 Å². The monoisotopic (exact) mass is 367 g/mol. The standard InChI is InChI=1S/C16H21N3O5S/c1-19-14(20)12-8-11(4-5-13(12)18-15(19)21)25(22,23)17-9-16(10-24-2)6-3-7-16/h4-5,8,17H,3,6-7,9-10H2,1-2H3,(H,18,21).